The first kappa shape index (κ1) is 8.94. The average Bonchev–Trinajstić information content (AvgIpc) is 2.62. The molecule has 15 heavy (non-hydrogen) atoms. The van der Waals surface area contributed by atoms with Crippen molar-refractivity contribution in [1.82, 2.24) is 5.32 Å². The second kappa shape index (κ2) is 3.36. The van der Waals surface area contributed by atoms with Gasteiger partial charge in [-0.25, -0.2) is 0 Å². The SMILES string of the molecule is N#Cc1ccc2c(c1)[C@H]1CC[C@H]2CNC1. The quantitative estimate of drug-likeness (QED) is 0.693. The summed E-state index contributed by atoms with van der Waals surface area (Å²) in [5.74, 6) is 1.30. The zero-order chi connectivity index (χ0) is 10.3. The van der Waals surface area contributed by atoms with Crippen LogP contribution in [0.25, 0.3) is 0 Å². The van der Waals surface area contributed by atoms with E-state index in [0.717, 1.165) is 18.7 Å². The molecule has 2 heteroatoms. The van der Waals surface area contributed by atoms with Gasteiger partial charge in [-0.15, -0.1) is 0 Å². The predicted octanol–water partition coefficient (Wildman–Crippen LogP) is 2.12. The average molecular weight is 198 g/mol. The van der Waals surface area contributed by atoms with Gasteiger partial charge in [-0.05, 0) is 47.9 Å². The molecule has 0 unspecified atom stereocenters. The Morgan fingerprint density at radius 2 is 1.87 bits per heavy atom. The standard InChI is InChI=1S/C13H14N2/c14-6-9-1-4-12-10-2-3-11(8-15-7-10)13(12)5-9/h1,4-5,10-11,15H,2-3,7-8H2/t10-,11-/m0/s1. The van der Waals surface area contributed by atoms with Crippen molar-refractivity contribution < 1.29 is 0 Å². The number of hydrogen-bond donors (Lipinski definition) is 1. The molecule has 3 aliphatic rings. The minimum absolute atomic E-state index is 0.632. The molecule has 1 aromatic rings. The molecule has 0 aromatic heterocycles. The molecule has 2 nitrogen and oxygen atoms in total. The molecule has 1 aromatic carbocycles. The van der Waals surface area contributed by atoms with Crippen molar-refractivity contribution in [2.45, 2.75) is 24.7 Å². The molecule has 1 fully saturated rings. The lowest BCUT2D eigenvalue weighted by Crippen LogP contribution is -2.18. The normalized spacial score (nSPS) is 27.9. The van der Waals surface area contributed by atoms with E-state index in [2.05, 4.69) is 23.5 Å². The first-order chi connectivity index (χ1) is 7.38. The molecule has 4 rings (SSSR count). The van der Waals surface area contributed by atoms with Crippen molar-refractivity contribution >= 4 is 0 Å². The zero-order valence-electron chi connectivity index (χ0n) is 8.66. The number of rotatable bonds is 0. The van der Waals surface area contributed by atoms with E-state index in [0.29, 0.717) is 11.8 Å². The van der Waals surface area contributed by atoms with Crippen LogP contribution in [0.15, 0.2) is 18.2 Å². The maximum absolute atomic E-state index is 8.91. The Morgan fingerprint density at radius 1 is 1.13 bits per heavy atom. The van der Waals surface area contributed by atoms with Gasteiger partial charge < -0.3 is 5.32 Å². The Balaban J connectivity index is 2.15. The van der Waals surface area contributed by atoms with Crippen LogP contribution in [0.1, 0.15) is 41.4 Å². The Hall–Kier alpha value is -1.33. The van der Waals surface area contributed by atoms with Crippen LogP contribution in [0.5, 0.6) is 0 Å². The summed E-state index contributed by atoms with van der Waals surface area (Å²) in [6, 6.07) is 8.46. The molecule has 76 valence electrons. The van der Waals surface area contributed by atoms with E-state index >= 15 is 0 Å². The summed E-state index contributed by atoms with van der Waals surface area (Å²) in [5.41, 5.74) is 3.71. The van der Waals surface area contributed by atoms with E-state index < -0.39 is 0 Å². The fourth-order valence-electron chi connectivity index (χ4n) is 2.94. The Morgan fingerprint density at radius 3 is 2.60 bits per heavy atom. The number of nitriles is 1. The lowest BCUT2D eigenvalue weighted by molar-refractivity contribution is 0.549. The van der Waals surface area contributed by atoms with Gasteiger partial charge in [0, 0.05) is 13.1 Å². The van der Waals surface area contributed by atoms with Gasteiger partial charge in [0.05, 0.1) is 11.6 Å². The first-order valence-electron chi connectivity index (χ1n) is 5.63. The summed E-state index contributed by atoms with van der Waals surface area (Å²) in [4.78, 5) is 0. The molecule has 2 aliphatic heterocycles. The van der Waals surface area contributed by atoms with E-state index in [1.807, 2.05) is 6.07 Å². The van der Waals surface area contributed by atoms with Crippen LogP contribution in [0.2, 0.25) is 0 Å². The second-order valence-electron chi connectivity index (χ2n) is 4.58. The third kappa shape index (κ3) is 1.35. The van der Waals surface area contributed by atoms with Crippen LogP contribution in [0.4, 0.5) is 0 Å². The van der Waals surface area contributed by atoms with E-state index in [9.17, 15) is 0 Å². The third-order valence-corrected chi connectivity index (χ3v) is 3.74. The smallest absolute Gasteiger partial charge is 0.0991 e. The number of hydrogen-bond acceptors (Lipinski definition) is 2. The molecule has 0 radical (unpaired) electrons. The van der Waals surface area contributed by atoms with Gasteiger partial charge >= 0.3 is 0 Å². The molecule has 0 amide bonds. The minimum atomic E-state index is 0.632. The van der Waals surface area contributed by atoms with E-state index in [4.69, 9.17) is 5.26 Å². The van der Waals surface area contributed by atoms with Crippen LogP contribution in [-0.4, -0.2) is 13.1 Å². The van der Waals surface area contributed by atoms with Gasteiger partial charge in [0.15, 0.2) is 0 Å². The molecular formula is C13H14N2. The highest BCUT2D eigenvalue weighted by Crippen LogP contribution is 2.40. The number of nitrogens with zero attached hydrogens (tertiary/aromatic N) is 1. The van der Waals surface area contributed by atoms with Gasteiger partial charge in [0.1, 0.15) is 0 Å². The highest BCUT2D eigenvalue weighted by atomic mass is 14.9. The molecule has 2 heterocycles. The van der Waals surface area contributed by atoms with Gasteiger partial charge in [0.25, 0.3) is 0 Å². The molecule has 2 atom stereocenters. The van der Waals surface area contributed by atoms with Gasteiger partial charge in [-0.3, -0.25) is 0 Å². The molecular weight excluding hydrogens is 184 g/mol. The summed E-state index contributed by atoms with van der Waals surface area (Å²) in [6.45, 7) is 2.19. The maximum Gasteiger partial charge on any atom is 0.0991 e. The van der Waals surface area contributed by atoms with Gasteiger partial charge in [-0.1, -0.05) is 6.07 Å². The summed E-state index contributed by atoms with van der Waals surface area (Å²) in [7, 11) is 0. The van der Waals surface area contributed by atoms with E-state index in [1.165, 1.54) is 24.0 Å². The summed E-state index contributed by atoms with van der Waals surface area (Å²) in [5, 5.41) is 12.4. The molecule has 1 aliphatic carbocycles. The highest BCUT2D eigenvalue weighted by molar-refractivity contribution is 5.44. The highest BCUT2D eigenvalue weighted by Gasteiger charge is 2.30. The fraction of sp³-hybridized carbons (Fsp3) is 0.462. The molecule has 0 saturated carbocycles. The zero-order valence-corrected chi connectivity index (χ0v) is 8.66. The monoisotopic (exact) mass is 198 g/mol. The molecule has 2 bridgehead atoms. The van der Waals surface area contributed by atoms with Crippen molar-refractivity contribution in [3.63, 3.8) is 0 Å². The predicted molar refractivity (Wildman–Crippen MR) is 58.7 cm³/mol. The van der Waals surface area contributed by atoms with Crippen LogP contribution >= 0.6 is 0 Å². The summed E-state index contributed by atoms with van der Waals surface area (Å²) >= 11 is 0. The molecule has 1 N–H and O–H groups in total. The number of nitrogens with one attached hydrogen (secondary N) is 1. The summed E-state index contributed by atoms with van der Waals surface area (Å²) < 4.78 is 0. The number of fused-ring (bicyclic) bond motifs is 3. The maximum atomic E-state index is 8.91. The first-order valence-corrected chi connectivity index (χ1v) is 5.63. The fourth-order valence-corrected chi connectivity index (χ4v) is 2.94. The Labute approximate surface area is 89.9 Å². The van der Waals surface area contributed by atoms with Crippen molar-refractivity contribution in [1.29, 1.82) is 5.26 Å². The largest absolute Gasteiger partial charge is 0.316 e. The van der Waals surface area contributed by atoms with Crippen molar-refractivity contribution in [2.24, 2.45) is 0 Å². The topological polar surface area (TPSA) is 35.8 Å². The van der Waals surface area contributed by atoms with Crippen molar-refractivity contribution in [3.05, 3.63) is 34.9 Å². The summed E-state index contributed by atoms with van der Waals surface area (Å²) in [6.07, 6.45) is 2.58. The second-order valence-corrected chi connectivity index (χ2v) is 4.58. The van der Waals surface area contributed by atoms with E-state index in [1.54, 1.807) is 0 Å². The lowest BCUT2D eigenvalue weighted by atomic mass is 9.78. The van der Waals surface area contributed by atoms with Crippen molar-refractivity contribution in [2.75, 3.05) is 13.1 Å². The van der Waals surface area contributed by atoms with Crippen LogP contribution in [0, 0.1) is 11.3 Å². The third-order valence-electron chi connectivity index (χ3n) is 3.74. The van der Waals surface area contributed by atoms with E-state index in [-0.39, 0.29) is 0 Å². The lowest BCUT2D eigenvalue weighted by Gasteiger charge is -2.26. The van der Waals surface area contributed by atoms with Crippen LogP contribution < -0.4 is 5.32 Å². The van der Waals surface area contributed by atoms with Crippen molar-refractivity contribution in [3.8, 4) is 6.07 Å². The van der Waals surface area contributed by atoms with Crippen LogP contribution in [-0.2, 0) is 0 Å². The Kier molecular flexibility index (Phi) is 2.00. The number of benzene rings is 1. The van der Waals surface area contributed by atoms with Gasteiger partial charge in [-0.2, -0.15) is 5.26 Å². The van der Waals surface area contributed by atoms with Crippen LogP contribution in [0.3, 0.4) is 0 Å². The molecule has 0 spiro atoms. The minimum Gasteiger partial charge on any atom is -0.316 e. The molecule has 1 saturated heterocycles. The Bertz CT molecular complexity index is 427. The van der Waals surface area contributed by atoms with Gasteiger partial charge in [0.2, 0.25) is 0 Å².